The van der Waals surface area contributed by atoms with Gasteiger partial charge in [-0.25, -0.2) is 4.68 Å². The lowest BCUT2D eigenvalue weighted by Crippen LogP contribution is -2.49. The number of piperazine rings is 1. The molecule has 0 radical (unpaired) electrons. The molecule has 1 amide bonds. The van der Waals surface area contributed by atoms with E-state index >= 15 is 0 Å². The summed E-state index contributed by atoms with van der Waals surface area (Å²) in [7, 11) is 0. The lowest BCUT2D eigenvalue weighted by Gasteiger charge is -2.32. The molecule has 0 spiro atoms. The predicted molar refractivity (Wildman–Crippen MR) is 97.7 cm³/mol. The average molecular weight is 349 g/mol. The highest BCUT2D eigenvalue weighted by Crippen LogP contribution is 2.23. The van der Waals surface area contributed by atoms with Crippen LogP contribution in [0.25, 0.3) is 0 Å². The SMILES string of the molecule is CCC(C)[C@@H](C(=O)N1CCNCC1)n1cc(CCCNC(C)=N)nn1. The second-order valence-electron chi connectivity index (χ2n) is 6.75. The Kier molecular flexibility index (Phi) is 7.36. The number of carbonyl (C=O) groups is 1. The summed E-state index contributed by atoms with van der Waals surface area (Å²) in [6.45, 7) is 9.88. The summed E-state index contributed by atoms with van der Waals surface area (Å²) >= 11 is 0. The van der Waals surface area contributed by atoms with E-state index in [0.29, 0.717) is 5.84 Å². The van der Waals surface area contributed by atoms with E-state index in [1.807, 2.05) is 11.1 Å². The van der Waals surface area contributed by atoms with Gasteiger partial charge < -0.3 is 15.5 Å². The number of amides is 1. The number of nitrogens with one attached hydrogen (secondary N) is 3. The highest BCUT2D eigenvalue weighted by molar-refractivity contribution is 5.80. The first-order valence-electron chi connectivity index (χ1n) is 9.22. The second kappa shape index (κ2) is 9.50. The van der Waals surface area contributed by atoms with Crippen LogP contribution in [0.2, 0.25) is 0 Å². The minimum atomic E-state index is -0.286. The van der Waals surface area contributed by atoms with Crippen molar-refractivity contribution >= 4 is 11.7 Å². The zero-order chi connectivity index (χ0) is 18.2. The molecule has 0 bridgehead atoms. The van der Waals surface area contributed by atoms with E-state index in [4.69, 9.17) is 5.41 Å². The fourth-order valence-corrected chi connectivity index (χ4v) is 3.02. The van der Waals surface area contributed by atoms with E-state index in [-0.39, 0.29) is 17.9 Å². The summed E-state index contributed by atoms with van der Waals surface area (Å²) in [5.41, 5.74) is 0.894. The van der Waals surface area contributed by atoms with Crippen LogP contribution in [-0.4, -0.2) is 64.4 Å². The van der Waals surface area contributed by atoms with Gasteiger partial charge in [0.05, 0.1) is 11.5 Å². The van der Waals surface area contributed by atoms with Crippen molar-refractivity contribution in [2.45, 2.75) is 46.1 Å². The standard InChI is InChI=1S/C17H31N7O/c1-4-13(2)16(17(25)23-10-8-19-9-11-23)24-12-15(21-22-24)6-5-7-20-14(3)18/h12-13,16,19H,4-11H2,1-3H3,(H2,18,20)/t13?,16-/m0/s1. The summed E-state index contributed by atoms with van der Waals surface area (Å²) in [6, 6.07) is -0.286. The molecule has 140 valence electrons. The summed E-state index contributed by atoms with van der Waals surface area (Å²) in [6.07, 6.45) is 4.50. The molecule has 2 atom stereocenters. The smallest absolute Gasteiger partial charge is 0.247 e. The monoisotopic (exact) mass is 349 g/mol. The summed E-state index contributed by atoms with van der Waals surface area (Å²) in [4.78, 5) is 15.0. The summed E-state index contributed by atoms with van der Waals surface area (Å²) in [5.74, 6) is 0.828. The number of amidine groups is 1. The first-order chi connectivity index (χ1) is 12.0. The number of hydrogen-bond acceptors (Lipinski definition) is 5. The van der Waals surface area contributed by atoms with Crippen LogP contribution in [0.5, 0.6) is 0 Å². The Morgan fingerprint density at radius 1 is 1.44 bits per heavy atom. The Bertz CT molecular complexity index is 565. The van der Waals surface area contributed by atoms with Gasteiger partial charge in [0.1, 0.15) is 6.04 Å². The van der Waals surface area contributed by atoms with E-state index in [2.05, 4.69) is 34.8 Å². The van der Waals surface area contributed by atoms with Gasteiger partial charge in [-0.1, -0.05) is 25.5 Å². The molecule has 1 aromatic rings. The molecule has 8 heteroatoms. The third-order valence-electron chi connectivity index (χ3n) is 4.71. The van der Waals surface area contributed by atoms with Crippen molar-refractivity contribution in [3.8, 4) is 0 Å². The Morgan fingerprint density at radius 2 is 2.16 bits per heavy atom. The normalized spacial score (nSPS) is 17.2. The maximum Gasteiger partial charge on any atom is 0.247 e. The molecule has 3 N–H and O–H groups in total. The van der Waals surface area contributed by atoms with Crippen LogP contribution in [-0.2, 0) is 11.2 Å². The van der Waals surface area contributed by atoms with Gasteiger partial charge in [0.2, 0.25) is 5.91 Å². The maximum absolute atomic E-state index is 13.0. The zero-order valence-corrected chi connectivity index (χ0v) is 15.6. The van der Waals surface area contributed by atoms with E-state index in [9.17, 15) is 4.79 Å². The van der Waals surface area contributed by atoms with Crippen LogP contribution in [0.3, 0.4) is 0 Å². The molecular weight excluding hydrogens is 318 g/mol. The van der Waals surface area contributed by atoms with Crippen molar-refractivity contribution in [2.24, 2.45) is 5.92 Å². The molecule has 25 heavy (non-hydrogen) atoms. The molecular formula is C17H31N7O. The Morgan fingerprint density at radius 3 is 2.80 bits per heavy atom. The van der Waals surface area contributed by atoms with Crippen LogP contribution >= 0.6 is 0 Å². The topological polar surface area (TPSA) is 98.9 Å². The van der Waals surface area contributed by atoms with Gasteiger partial charge in [-0.3, -0.25) is 10.2 Å². The first kappa shape index (κ1) is 19.4. The zero-order valence-electron chi connectivity index (χ0n) is 15.6. The van der Waals surface area contributed by atoms with Gasteiger partial charge in [-0.05, 0) is 25.7 Å². The molecule has 1 aliphatic rings. The largest absolute Gasteiger partial charge is 0.374 e. The molecule has 0 aliphatic carbocycles. The van der Waals surface area contributed by atoms with Crippen molar-refractivity contribution in [3.63, 3.8) is 0 Å². The van der Waals surface area contributed by atoms with E-state index < -0.39 is 0 Å². The van der Waals surface area contributed by atoms with Crippen molar-refractivity contribution < 1.29 is 4.79 Å². The number of hydrogen-bond donors (Lipinski definition) is 3. The Hall–Kier alpha value is -1.96. The fraction of sp³-hybridized carbons (Fsp3) is 0.765. The second-order valence-corrected chi connectivity index (χ2v) is 6.75. The van der Waals surface area contributed by atoms with E-state index in [0.717, 1.165) is 57.7 Å². The molecule has 1 aliphatic heterocycles. The van der Waals surface area contributed by atoms with Gasteiger partial charge >= 0.3 is 0 Å². The number of rotatable bonds is 8. The summed E-state index contributed by atoms with van der Waals surface area (Å²) in [5, 5.41) is 22.1. The van der Waals surface area contributed by atoms with Gasteiger partial charge in [0.25, 0.3) is 0 Å². The predicted octanol–water partition coefficient (Wildman–Crippen LogP) is 0.816. The lowest BCUT2D eigenvalue weighted by molar-refractivity contribution is -0.137. The third kappa shape index (κ3) is 5.52. The lowest BCUT2D eigenvalue weighted by atomic mass is 9.97. The van der Waals surface area contributed by atoms with Gasteiger partial charge in [0.15, 0.2) is 0 Å². The quantitative estimate of drug-likeness (QED) is 0.367. The van der Waals surface area contributed by atoms with Crippen LogP contribution in [0.4, 0.5) is 0 Å². The van der Waals surface area contributed by atoms with Crippen molar-refractivity contribution in [2.75, 3.05) is 32.7 Å². The number of aromatic nitrogens is 3. The first-order valence-corrected chi connectivity index (χ1v) is 9.22. The highest BCUT2D eigenvalue weighted by Gasteiger charge is 2.31. The molecule has 0 aromatic carbocycles. The van der Waals surface area contributed by atoms with Gasteiger partial charge in [0, 0.05) is 38.9 Å². The Balaban J connectivity index is 2.02. The maximum atomic E-state index is 13.0. The van der Waals surface area contributed by atoms with Crippen LogP contribution in [0.1, 0.15) is 45.3 Å². The minimum absolute atomic E-state index is 0.147. The van der Waals surface area contributed by atoms with Crippen LogP contribution in [0.15, 0.2) is 6.20 Å². The molecule has 8 nitrogen and oxygen atoms in total. The van der Waals surface area contributed by atoms with Crippen molar-refractivity contribution in [1.29, 1.82) is 5.41 Å². The molecule has 1 unspecified atom stereocenters. The van der Waals surface area contributed by atoms with Crippen LogP contribution in [0, 0.1) is 11.3 Å². The number of aryl methyl sites for hydroxylation is 1. The van der Waals surface area contributed by atoms with Crippen LogP contribution < -0.4 is 10.6 Å². The molecule has 0 saturated carbocycles. The molecule has 1 saturated heterocycles. The van der Waals surface area contributed by atoms with E-state index in [1.165, 1.54) is 0 Å². The van der Waals surface area contributed by atoms with Gasteiger partial charge in [-0.2, -0.15) is 0 Å². The summed E-state index contributed by atoms with van der Waals surface area (Å²) < 4.78 is 1.75. The van der Waals surface area contributed by atoms with E-state index in [1.54, 1.807) is 11.6 Å². The third-order valence-corrected chi connectivity index (χ3v) is 4.71. The molecule has 1 fully saturated rings. The van der Waals surface area contributed by atoms with Crippen molar-refractivity contribution in [3.05, 3.63) is 11.9 Å². The molecule has 2 rings (SSSR count). The number of nitrogens with zero attached hydrogens (tertiary/aromatic N) is 4. The fourth-order valence-electron chi connectivity index (χ4n) is 3.02. The highest BCUT2D eigenvalue weighted by atomic mass is 16.2. The Labute approximate surface area is 149 Å². The van der Waals surface area contributed by atoms with Crippen molar-refractivity contribution in [1.82, 2.24) is 30.5 Å². The van der Waals surface area contributed by atoms with Gasteiger partial charge in [-0.15, -0.1) is 5.10 Å². The average Bonchev–Trinajstić information content (AvgIpc) is 3.07. The number of carbonyl (C=O) groups excluding carboxylic acids is 1. The molecule has 1 aromatic heterocycles. The minimum Gasteiger partial charge on any atom is -0.374 e. The molecule has 2 heterocycles.